The van der Waals surface area contributed by atoms with E-state index in [2.05, 4.69) is 24.2 Å². The largest absolute Gasteiger partial charge is 0.317 e. The summed E-state index contributed by atoms with van der Waals surface area (Å²) in [6, 6.07) is 2.60. The van der Waals surface area contributed by atoms with Crippen LogP contribution in [0, 0.1) is 11.8 Å². The fraction of sp³-hybridized carbons (Fsp3) is 1.00. The number of fused-ring (bicyclic) bond motifs is 2. The van der Waals surface area contributed by atoms with Crippen molar-refractivity contribution < 1.29 is 0 Å². The quantitative estimate of drug-likeness (QED) is 0.810. The summed E-state index contributed by atoms with van der Waals surface area (Å²) in [5.74, 6) is 1.99. The molecule has 3 rings (SSSR count). The maximum Gasteiger partial charge on any atom is 0.0114 e. The van der Waals surface area contributed by atoms with Gasteiger partial charge in [-0.2, -0.15) is 0 Å². The zero-order chi connectivity index (χ0) is 11.8. The topological polar surface area (TPSA) is 15.3 Å². The third kappa shape index (κ3) is 2.26. The minimum atomic E-state index is 0.796. The molecule has 0 aromatic carbocycles. The predicted molar refractivity (Wildman–Crippen MR) is 72.1 cm³/mol. The van der Waals surface area contributed by atoms with Gasteiger partial charge in [0.2, 0.25) is 0 Å². The van der Waals surface area contributed by atoms with E-state index in [1.807, 2.05) is 0 Å². The fourth-order valence-corrected chi connectivity index (χ4v) is 4.57. The van der Waals surface area contributed by atoms with Gasteiger partial charge in [-0.1, -0.05) is 19.8 Å². The van der Waals surface area contributed by atoms with Crippen molar-refractivity contribution in [2.75, 3.05) is 13.6 Å². The van der Waals surface area contributed by atoms with Crippen LogP contribution in [0.15, 0.2) is 0 Å². The lowest BCUT2D eigenvalue weighted by molar-refractivity contribution is 0.0925. The van der Waals surface area contributed by atoms with Gasteiger partial charge in [0.1, 0.15) is 0 Å². The van der Waals surface area contributed by atoms with E-state index < -0.39 is 0 Å². The zero-order valence-corrected chi connectivity index (χ0v) is 11.5. The highest BCUT2D eigenvalue weighted by Gasteiger charge is 2.41. The van der Waals surface area contributed by atoms with E-state index in [4.69, 9.17) is 0 Å². The van der Waals surface area contributed by atoms with Crippen molar-refractivity contribution in [1.82, 2.24) is 10.2 Å². The molecule has 4 unspecified atom stereocenters. The van der Waals surface area contributed by atoms with Crippen LogP contribution >= 0.6 is 0 Å². The van der Waals surface area contributed by atoms with Gasteiger partial charge in [0.25, 0.3) is 0 Å². The van der Waals surface area contributed by atoms with Crippen LogP contribution in [-0.4, -0.2) is 36.6 Å². The molecule has 0 amide bonds. The van der Waals surface area contributed by atoms with Gasteiger partial charge in [0.15, 0.2) is 0 Å². The lowest BCUT2D eigenvalue weighted by atomic mass is 9.92. The summed E-state index contributed by atoms with van der Waals surface area (Å²) in [5.41, 5.74) is 0. The monoisotopic (exact) mass is 236 g/mol. The van der Waals surface area contributed by atoms with E-state index in [-0.39, 0.29) is 0 Å². The molecule has 17 heavy (non-hydrogen) atoms. The standard InChI is InChI=1S/C15H28N2/c1-11-4-3-5-12(11)10-17-14-6-7-15(17)9-13(8-14)16-2/h11-16H,3-10H2,1-2H3. The average Bonchev–Trinajstić information content (AvgIpc) is 2.82. The first-order valence-corrected chi connectivity index (χ1v) is 7.71. The molecule has 1 aliphatic carbocycles. The van der Waals surface area contributed by atoms with E-state index in [1.165, 1.54) is 51.5 Å². The highest BCUT2D eigenvalue weighted by atomic mass is 15.2. The second-order valence-corrected chi connectivity index (χ2v) is 6.71. The third-order valence-electron chi connectivity index (χ3n) is 5.78. The highest BCUT2D eigenvalue weighted by molar-refractivity contribution is 4.98. The van der Waals surface area contributed by atoms with Crippen molar-refractivity contribution in [3.63, 3.8) is 0 Å². The van der Waals surface area contributed by atoms with Crippen molar-refractivity contribution in [2.45, 2.75) is 70.0 Å². The highest BCUT2D eigenvalue weighted by Crippen LogP contribution is 2.39. The molecule has 98 valence electrons. The fourth-order valence-electron chi connectivity index (χ4n) is 4.57. The molecule has 0 radical (unpaired) electrons. The molecule has 2 aliphatic heterocycles. The molecular weight excluding hydrogens is 208 g/mol. The Morgan fingerprint density at radius 2 is 1.76 bits per heavy atom. The normalized spacial score (nSPS) is 46.6. The molecule has 2 saturated heterocycles. The maximum absolute atomic E-state index is 3.50. The van der Waals surface area contributed by atoms with Gasteiger partial charge in [0.05, 0.1) is 0 Å². The molecule has 2 bridgehead atoms. The van der Waals surface area contributed by atoms with Crippen molar-refractivity contribution in [2.24, 2.45) is 11.8 Å². The first-order chi connectivity index (χ1) is 8.28. The van der Waals surface area contributed by atoms with Crippen LogP contribution in [0.3, 0.4) is 0 Å². The number of rotatable bonds is 3. The molecule has 1 saturated carbocycles. The first-order valence-electron chi connectivity index (χ1n) is 7.71. The minimum absolute atomic E-state index is 0.796. The second kappa shape index (κ2) is 4.89. The third-order valence-corrected chi connectivity index (χ3v) is 5.78. The van der Waals surface area contributed by atoms with Crippen LogP contribution in [0.2, 0.25) is 0 Å². The van der Waals surface area contributed by atoms with Crippen molar-refractivity contribution in [3.05, 3.63) is 0 Å². The molecule has 2 heteroatoms. The predicted octanol–water partition coefficient (Wildman–Crippen LogP) is 2.64. The average molecular weight is 236 g/mol. The van der Waals surface area contributed by atoms with Gasteiger partial charge in [-0.3, -0.25) is 4.90 Å². The Balaban J connectivity index is 1.61. The Morgan fingerprint density at radius 1 is 1.06 bits per heavy atom. The molecule has 0 aromatic rings. The Morgan fingerprint density at radius 3 is 2.29 bits per heavy atom. The summed E-state index contributed by atoms with van der Waals surface area (Å²) in [4.78, 5) is 2.89. The van der Waals surface area contributed by atoms with Gasteiger partial charge in [-0.15, -0.1) is 0 Å². The van der Waals surface area contributed by atoms with E-state index in [9.17, 15) is 0 Å². The number of hydrogen-bond donors (Lipinski definition) is 1. The SMILES string of the molecule is CNC1CC2CCC(C1)N2CC1CCCC1C. The summed E-state index contributed by atoms with van der Waals surface area (Å²) in [6.07, 6.45) is 10.2. The Kier molecular flexibility index (Phi) is 3.45. The summed E-state index contributed by atoms with van der Waals surface area (Å²) in [6.45, 7) is 3.88. The first kappa shape index (κ1) is 12.0. The smallest absolute Gasteiger partial charge is 0.0114 e. The number of hydrogen-bond acceptors (Lipinski definition) is 2. The van der Waals surface area contributed by atoms with E-state index in [0.29, 0.717) is 0 Å². The molecular formula is C15H28N2. The van der Waals surface area contributed by atoms with Crippen molar-refractivity contribution in [1.29, 1.82) is 0 Å². The van der Waals surface area contributed by atoms with Gasteiger partial charge in [0, 0.05) is 24.7 Å². The van der Waals surface area contributed by atoms with Crippen LogP contribution in [0.5, 0.6) is 0 Å². The Bertz CT molecular complexity index is 252. The molecule has 2 nitrogen and oxygen atoms in total. The van der Waals surface area contributed by atoms with E-state index in [0.717, 1.165) is 30.0 Å². The summed E-state index contributed by atoms with van der Waals surface area (Å²) in [5, 5.41) is 3.50. The number of nitrogens with one attached hydrogen (secondary N) is 1. The maximum atomic E-state index is 3.50. The Hall–Kier alpha value is -0.0800. The van der Waals surface area contributed by atoms with Crippen molar-refractivity contribution >= 4 is 0 Å². The molecule has 4 atom stereocenters. The van der Waals surface area contributed by atoms with Gasteiger partial charge in [-0.25, -0.2) is 0 Å². The van der Waals surface area contributed by atoms with Crippen LogP contribution in [0.4, 0.5) is 0 Å². The molecule has 0 aromatic heterocycles. The minimum Gasteiger partial charge on any atom is -0.317 e. The number of nitrogens with zero attached hydrogens (tertiary/aromatic N) is 1. The number of piperidine rings is 1. The van der Waals surface area contributed by atoms with Crippen LogP contribution < -0.4 is 5.32 Å². The molecule has 3 fully saturated rings. The van der Waals surface area contributed by atoms with Crippen LogP contribution in [0.25, 0.3) is 0 Å². The molecule has 0 spiro atoms. The lowest BCUT2D eigenvalue weighted by Gasteiger charge is -2.40. The summed E-state index contributed by atoms with van der Waals surface area (Å²) < 4.78 is 0. The van der Waals surface area contributed by atoms with Gasteiger partial charge < -0.3 is 5.32 Å². The molecule has 2 heterocycles. The lowest BCUT2D eigenvalue weighted by Crippen LogP contribution is -2.49. The van der Waals surface area contributed by atoms with E-state index >= 15 is 0 Å². The van der Waals surface area contributed by atoms with Gasteiger partial charge >= 0.3 is 0 Å². The zero-order valence-electron chi connectivity index (χ0n) is 11.5. The molecule has 1 N–H and O–H groups in total. The summed E-state index contributed by atoms with van der Waals surface area (Å²) >= 11 is 0. The molecule has 3 aliphatic rings. The van der Waals surface area contributed by atoms with Crippen LogP contribution in [-0.2, 0) is 0 Å². The van der Waals surface area contributed by atoms with Crippen molar-refractivity contribution in [3.8, 4) is 0 Å². The second-order valence-electron chi connectivity index (χ2n) is 6.71. The van der Waals surface area contributed by atoms with Crippen LogP contribution in [0.1, 0.15) is 51.9 Å². The summed E-state index contributed by atoms with van der Waals surface area (Å²) in [7, 11) is 2.14. The van der Waals surface area contributed by atoms with E-state index in [1.54, 1.807) is 0 Å². The Labute approximate surface area is 106 Å². The van der Waals surface area contributed by atoms with Gasteiger partial charge in [-0.05, 0) is 51.0 Å².